The molecule has 0 N–H and O–H groups in total. The largest absolute Gasteiger partial charge is 0.274 e. The molecule has 0 saturated heterocycles. The fourth-order valence-electron chi connectivity index (χ4n) is 1.49. The molecule has 1 heterocycles. The highest BCUT2D eigenvalue weighted by molar-refractivity contribution is 9.10. The third-order valence-electron chi connectivity index (χ3n) is 2.19. The van der Waals surface area contributed by atoms with Gasteiger partial charge in [-0.1, -0.05) is 0 Å². The van der Waals surface area contributed by atoms with Crippen molar-refractivity contribution in [2.24, 2.45) is 0 Å². The van der Waals surface area contributed by atoms with Gasteiger partial charge in [0.1, 0.15) is 7.11 Å². The van der Waals surface area contributed by atoms with Gasteiger partial charge in [0.25, 0.3) is 11.2 Å². The number of nitrogens with zero attached hydrogens (tertiary/aromatic N) is 2. The molecule has 11 heteroatoms. The summed E-state index contributed by atoms with van der Waals surface area (Å²) in [6, 6.07) is 6.42. The lowest BCUT2D eigenvalue weighted by atomic mass is 10.2. The molecule has 0 amide bonds. The number of hydrogen-bond donors (Lipinski definition) is 0. The SMILES string of the molecule is CO[n+]1cc(Br)cc2cc([N+](=O)[O-])ccc21.[O-][Cl+3]([O-])([O-])[O-]. The van der Waals surface area contributed by atoms with Crippen molar-refractivity contribution < 1.29 is 43.4 Å². The molecule has 114 valence electrons. The summed E-state index contributed by atoms with van der Waals surface area (Å²) in [4.78, 5) is 15.3. The first-order chi connectivity index (χ1) is 9.61. The van der Waals surface area contributed by atoms with Crippen LogP contribution in [0.15, 0.2) is 34.9 Å². The molecule has 0 radical (unpaired) electrons. The molecule has 0 aliphatic rings. The van der Waals surface area contributed by atoms with E-state index in [4.69, 9.17) is 23.5 Å². The lowest BCUT2D eigenvalue weighted by Gasteiger charge is -2.17. The zero-order chi connectivity index (χ0) is 16.2. The minimum atomic E-state index is -4.94. The summed E-state index contributed by atoms with van der Waals surface area (Å²) in [5.74, 6) is 0. The predicted molar refractivity (Wildman–Crippen MR) is 61.0 cm³/mol. The van der Waals surface area contributed by atoms with E-state index in [1.54, 1.807) is 23.1 Å². The molecule has 0 fully saturated rings. The number of hydrogen-bond acceptors (Lipinski definition) is 7. The van der Waals surface area contributed by atoms with E-state index in [9.17, 15) is 10.1 Å². The molecule has 21 heavy (non-hydrogen) atoms. The van der Waals surface area contributed by atoms with Crippen LogP contribution in [0.5, 0.6) is 0 Å². The summed E-state index contributed by atoms with van der Waals surface area (Å²) in [7, 11) is -3.41. The molecule has 1 aromatic heterocycles. The van der Waals surface area contributed by atoms with Crippen molar-refractivity contribution >= 4 is 32.5 Å². The minimum absolute atomic E-state index is 0.0632. The second kappa shape index (κ2) is 6.93. The molecular formula is C10H8BrClN2O7. The van der Waals surface area contributed by atoms with Gasteiger partial charge in [-0.2, -0.15) is 0 Å². The number of benzene rings is 1. The van der Waals surface area contributed by atoms with Crippen molar-refractivity contribution in [3.63, 3.8) is 0 Å². The lowest BCUT2D eigenvalue weighted by molar-refractivity contribution is -2.00. The van der Waals surface area contributed by atoms with Crippen molar-refractivity contribution in [1.29, 1.82) is 0 Å². The fraction of sp³-hybridized carbons (Fsp3) is 0.100. The molecule has 0 aliphatic heterocycles. The molecule has 0 bridgehead atoms. The molecule has 0 saturated carbocycles. The standard InChI is InChI=1S/C10H8BrN2O3.ClHO4/c1-16-12-6-8(11)4-7-5-9(13(14)15)2-3-10(7)12;2-1(3,4)5/h2-6H,1H3;(H,2,3,4,5)/q+1;/p-1. The first kappa shape index (κ1) is 17.5. The Bertz CT molecular complexity index is 656. The smallest absolute Gasteiger partial charge is 0.270 e. The van der Waals surface area contributed by atoms with Crippen LogP contribution in [0.1, 0.15) is 0 Å². The van der Waals surface area contributed by atoms with Gasteiger partial charge < -0.3 is 0 Å². The van der Waals surface area contributed by atoms with Gasteiger partial charge in [-0.3, -0.25) is 15.0 Å². The number of halogens is 2. The van der Waals surface area contributed by atoms with E-state index in [2.05, 4.69) is 15.9 Å². The average molecular weight is 384 g/mol. The van der Waals surface area contributed by atoms with Gasteiger partial charge in [-0.05, 0) is 22.0 Å². The van der Waals surface area contributed by atoms with E-state index in [-0.39, 0.29) is 5.69 Å². The Balaban J connectivity index is 0.000000383. The lowest BCUT2D eigenvalue weighted by Crippen LogP contribution is -2.68. The van der Waals surface area contributed by atoms with Gasteiger partial charge in [0.15, 0.2) is 0 Å². The van der Waals surface area contributed by atoms with Gasteiger partial charge in [0, 0.05) is 22.9 Å². The first-order valence-electron chi connectivity index (χ1n) is 5.07. The maximum absolute atomic E-state index is 10.6. The van der Waals surface area contributed by atoms with Crippen molar-refractivity contribution in [2.75, 3.05) is 7.11 Å². The van der Waals surface area contributed by atoms with Crippen molar-refractivity contribution in [2.45, 2.75) is 0 Å². The Hall–Kier alpha value is -1.56. The van der Waals surface area contributed by atoms with Crippen LogP contribution in [0, 0.1) is 20.4 Å². The Kier molecular flexibility index (Phi) is 5.78. The number of aromatic nitrogens is 1. The topological polar surface area (TPSA) is 148 Å². The highest BCUT2D eigenvalue weighted by Gasteiger charge is 2.15. The van der Waals surface area contributed by atoms with Crippen LogP contribution >= 0.6 is 15.9 Å². The van der Waals surface area contributed by atoms with E-state index in [0.717, 1.165) is 15.4 Å². The second-order valence-corrected chi connectivity index (χ2v) is 5.22. The Labute approximate surface area is 128 Å². The number of nitro groups is 1. The van der Waals surface area contributed by atoms with Gasteiger partial charge in [-0.15, -0.1) is 10.2 Å². The fourth-order valence-corrected chi connectivity index (χ4v) is 1.92. The Morgan fingerprint density at radius 2 is 1.81 bits per heavy atom. The van der Waals surface area contributed by atoms with Gasteiger partial charge in [0.05, 0.1) is 14.8 Å². The minimum Gasteiger partial charge on any atom is -0.274 e. The highest BCUT2D eigenvalue weighted by atomic mass is 79.9. The predicted octanol–water partition coefficient (Wildman–Crippen LogP) is -2.90. The number of non-ortho nitro benzene ring substituents is 1. The van der Waals surface area contributed by atoms with E-state index < -0.39 is 15.2 Å². The maximum Gasteiger partial charge on any atom is 0.270 e. The van der Waals surface area contributed by atoms with Crippen LogP contribution in [-0.2, 0) is 0 Å². The molecule has 1 aromatic carbocycles. The molecular weight excluding hydrogens is 375 g/mol. The van der Waals surface area contributed by atoms with E-state index in [1.165, 1.54) is 19.2 Å². The van der Waals surface area contributed by atoms with Crippen LogP contribution in [-0.4, -0.2) is 12.0 Å². The zero-order valence-electron chi connectivity index (χ0n) is 10.4. The molecule has 0 aliphatic carbocycles. The van der Waals surface area contributed by atoms with E-state index in [1.807, 2.05) is 0 Å². The number of pyridine rings is 1. The molecule has 2 aromatic rings. The van der Waals surface area contributed by atoms with E-state index >= 15 is 0 Å². The summed E-state index contributed by atoms with van der Waals surface area (Å²) in [5, 5.41) is 11.4. The number of rotatable bonds is 2. The van der Waals surface area contributed by atoms with Crippen molar-refractivity contribution in [3.8, 4) is 0 Å². The third-order valence-corrected chi connectivity index (χ3v) is 2.62. The quantitative estimate of drug-likeness (QED) is 0.307. The average Bonchev–Trinajstić information content (AvgIpc) is 2.34. The normalized spacial score (nSPS) is 10.8. The van der Waals surface area contributed by atoms with E-state index in [0.29, 0.717) is 0 Å². The maximum atomic E-state index is 10.6. The summed E-state index contributed by atoms with van der Waals surface area (Å²) >= 11 is 3.31. The highest BCUT2D eigenvalue weighted by Crippen LogP contribution is 2.20. The van der Waals surface area contributed by atoms with Gasteiger partial charge in [-0.25, -0.2) is 18.6 Å². The van der Waals surface area contributed by atoms with Crippen LogP contribution < -0.4 is 28.2 Å². The summed E-state index contributed by atoms with van der Waals surface area (Å²) in [5.41, 5.74) is 0.838. The third kappa shape index (κ3) is 5.75. The molecule has 9 nitrogen and oxygen atoms in total. The number of fused-ring (bicyclic) bond motifs is 1. The van der Waals surface area contributed by atoms with Crippen LogP contribution in [0.4, 0.5) is 5.69 Å². The first-order valence-corrected chi connectivity index (χ1v) is 7.10. The van der Waals surface area contributed by atoms with Crippen LogP contribution in [0.2, 0.25) is 0 Å². The monoisotopic (exact) mass is 382 g/mol. The summed E-state index contributed by atoms with van der Waals surface area (Å²) in [6.07, 6.45) is 1.74. The van der Waals surface area contributed by atoms with Crippen LogP contribution in [0.3, 0.4) is 0 Å². The van der Waals surface area contributed by atoms with Gasteiger partial charge in [0.2, 0.25) is 6.20 Å². The summed E-state index contributed by atoms with van der Waals surface area (Å²) < 4.78 is 36.3. The van der Waals surface area contributed by atoms with Crippen molar-refractivity contribution in [3.05, 3.63) is 45.0 Å². The Morgan fingerprint density at radius 3 is 2.29 bits per heavy atom. The van der Waals surface area contributed by atoms with Gasteiger partial charge >= 0.3 is 0 Å². The summed E-state index contributed by atoms with van der Waals surface area (Å²) in [6.45, 7) is 0. The Morgan fingerprint density at radius 1 is 1.24 bits per heavy atom. The second-order valence-electron chi connectivity index (χ2n) is 3.54. The molecule has 0 atom stereocenters. The van der Waals surface area contributed by atoms with Crippen LogP contribution in [0.25, 0.3) is 10.9 Å². The van der Waals surface area contributed by atoms with Crippen molar-refractivity contribution in [1.82, 2.24) is 0 Å². The zero-order valence-corrected chi connectivity index (χ0v) is 12.7. The molecule has 0 unspecified atom stereocenters. The molecule has 0 spiro atoms. The number of nitro benzene ring substituents is 1. The molecule has 2 rings (SSSR count).